The van der Waals surface area contributed by atoms with Gasteiger partial charge in [0.2, 0.25) is 5.91 Å². The molecular formula is C27H37N3O5. The van der Waals surface area contributed by atoms with E-state index in [-0.39, 0.29) is 13.2 Å². The van der Waals surface area contributed by atoms with E-state index in [2.05, 4.69) is 10.6 Å². The molecule has 2 rings (SSSR count). The van der Waals surface area contributed by atoms with Crippen molar-refractivity contribution in [1.82, 2.24) is 10.2 Å². The van der Waals surface area contributed by atoms with Crippen molar-refractivity contribution in [3.63, 3.8) is 0 Å². The van der Waals surface area contributed by atoms with Crippen molar-refractivity contribution in [3.05, 3.63) is 64.7 Å². The number of carbonyl (C=O) groups is 3. The van der Waals surface area contributed by atoms with Gasteiger partial charge in [-0.15, -0.1) is 0 Å². The molecule has 35 heavy (non-hydrogen) atoms. The number of nitrogens with zero attached hydrogens (tertiary/aromatic N) is 1. The molecule has 8 nitrogen and oxygen atoms in total. The fourth-order valence-electron chi connectivity index (χ4n) is 3.69. The molecule has 0 radical (unpaired) electrons. The number of nitrogens with one attached hydrogen (secondary N) is 2. The maximum Gasteiger partial charge on any atom is 0.408 e. The number of benzene rings is 2. The van der Waals surface area contributed by atoms with E-state index in [1.165, 1.54) is 11.8 Å². The van der Waals surface area contributed by atoms with Crippen molar-refractivity contribution >= 4 is 23.6 Å². The summed E-state index contributed by atoms with van der Waals surface area (Å²) >= 11 is 0. The predicted octanol–water partition coefficient (Wildman–Crippen LogP) is 4.03. The van der Waals surface area contributed by atoms with Gasteiger partial charge in [-0.05, 0) is 65.2 Å². The van der Waals surface area contributed by atoms with Crippen LogP contribution in [0.2, 0.25) is 0 Å². The van der Waals surface area contributed by atoms with Crippen LogP contribution in [0.1, 0.15) is 56.0 Å². The third-order valence-electron chi connectivity index (χ3n) is 5.41. The van der Waals surface area contributed by atoms with E-state index in [1.54, 1.807) is 32.9 Å². The molecule has 3 N–H and O–H groups in total. The summed E-state index contributed by atoms with van der Waals surface area (Å²) in [5, 5.41) is 15.3. The van der Waals surface area contributed by atoms with Crippen LogP contribution in [0.3, 0.4) is 0 Å². The topological polar surface area (TPSA) is 108 Å². The molecule has 0 saturated heterocycles. The minimum Gasteiger partial charge on any atom is -0.444 e. The molecule has 0 bridgehead atoms. The van der Waals surface area contributed by atoms with Crippen LogP contribution >= 0.6 is 0 Å². The molecule has 0 spiro atoms. The van der Waals surface area contributed by atoms with E-state index in [0.717, 1.165) is 16.7 Å². The van der Waals surface area contributed by atoms with Crippen molar-refractivity contribution in [2.45, 2.75) is 66.2 Å². The van der Waals surface area contributed by atoms with E-state index in [0.29, 0.717) is 11.3 Å². The molecule has 2 unspecified atom stereocenters. The van der Waals surface area contributed by atoms with E-state index in [1.807, 2.05) is 51.1 Å². The molecular weight excluding hydrogens is 446 g/mol. The Morgan fingerprint density at radius 2 is 1.57 bits per heavy atom. The van der Waals surface area contributed by atoms with Crippen LogP contribution < -0.4 is 10.6 Å². The first kappa shape index (κ1) is 27.9. The average Bonchev–Trinajstić information content (AvgIpc) is 2.75. The molecule has 0 saturated carbocycles. The van der Waals surface area contributed by atoms with Gasteiger partial charge < -0.3 is 25.4 Å². The monoisotopic (exact) mass is 483 g/mol. The Morgan fingerprint density at radius 3 is 2.09 bits per heavy atom. The fraction of sp³-hybridized carbons (Fsp3) is 0.444. The second kappa shape index (κ2) is 11.8. The van der Waals surface area contributed by atoms with Gasteiger partial charge in [-0.2, -0.15) is 0 Å². The van der Waals surface area contributed by atoms with E-state index in [9.17, 15) is 19.5 Å². The van der Waals surface area contributed by atoms with E-state index < -0.39 is 35.6 Å². The summed E-state index contributed by atoms with van der Waals surface area (Å²) in [6, 6.07) is 11.0. The van der Waals surface area contributed by atoms with E-state index >= 15 is 0 Å². The van der Waals surface area contributed by atoms with Gasteiger partial charge in [-0.3, -0.25) is 9.59 Å². The second-order valence-corrected chi connectivity index (χ2v) is 9.69. The number of ether oxygens (including phenoxy) is 1. The summed E-state index contributed by atoms with van der Waals surface area (Å²) in [4.78, 5) is 40.7. The molecule has 0 aliphatic rings. The van der Waals surface area contributed by atoms with Crippen molar-refractivity contribution < 1.29 is 24.2 Å². The second-order valence-electron chi connectivity index (χ2n) is 9.69. The van der Waals surface area contributed by atoms with Crippen LogP contribution in [0, 0.1) is 20.8 Å². The van der Waals surface area contributed by atoms with Gasteiger partial charge >= 0.3 is 6.09 Å². The lowest BCUT2D eigenvalue weighted by Crippen LogP contribution is -2.52. The van der Waals surface area contributed by atoms with Gasteiger partial charge in [0.05, 0.1) is 6.61 Å². The first-order chi connectivity index (χ1) is 16.3. The molecule has 190 valence electrons. The zero-order valence-corrected chi connectivity index (χ0v) is 21.6. The van der Waals surface area contributed by atoms with Gasteiger partial charge in [0.1, 0.15) is 17.7 Å². The van der Waals surface area contributed by atoms with Gasteiger partial charge in [-0.1, -0.05) is 48.0 Å². The van der Waals surface area contributed by atoms with Crippen LogP contribution in [0.25, 0.3) is 0 Å². The molecule has 0 aliphatic heterocycles. The number of carbonyl (C=O) groups excluding carboxylic acids is 3. The number of para-hydroxylation sites is 1. The van der Waals surface area contributed by atoms with Crippen molar-refractivity contribution in [1.29, 1.82) is 0 Å². The highest BCUT2D eigenvalue weighted by Crippen LogP contribution is 2.27. The summed E-state index contributed by atoms with van der Waals surface area (Å²) in [5.74, 6) is -0.940. The van der Waals surface area contributed by atoms with Crippen molar-refractivity contribution in [2.75, 3.05) is 18.5 Å². The van der Waals surface area contributed by atoms with Crippen LogP contribution in [0.15, 0.2) is 42.5 Å². The number of alkyl carbamates (subject to hydrolysis) is 1. The van der Waals surface area contributed by atoms with Crippen molar-refractivity contribution in [2.24, 2.45) is 0 Å². The lowest BCUT2D eigenvalue weighted by Gasteiger charge is -2.33. The van der Waals surface area contributed by atoms with E-state index in [4.69, 9.17) is 4.74 Å². The molecule has 2 aromatic carbocycles. The quantitative estimate of drug-likeness (QED) is 0.526. The SMILES string of the molecule is Cc1ccc(C(C(=O)Nc2c(C)cccc2C)N(CCO)C(=O)C(C)NC(=O)OC(C)(C)C)cc1. The van der Waals surface area contributed by atoms with Gasteiger partial charge in [-0.25, -0.2) is 4.79 Å². The normalized spacial score (nSPS) is 12.9. The number of aryl methyl sites for hydroxylation is 3. The number of rotatable bonds is 8. The number of anilines is 1. The number of amides is 3. The maximum absolute atomic E-state index is 13.7. The Kier molecular flexibility index (Phi) is 9.42. The van der Waals surface area contributed by atoms with Crippen LogP contribution in [-0.2, 0) is 14.3 Å². The lowest BCUT2D eigenvalue weighted by atomic mass is 10.0. The lowest BCUT2D eigenvalue weighted by molar-refractivity contribution is -0.141. The van der Waals surface area contributed by atoms with Crippen LogP contribution in [0.4, 0.5) is 10.5 Å². The fourth-order valence-corrected chi connectivity index (χ4v) is 3.69. The number of hydrogen-bond acceptors (Lipinski definition) is 5. The molecule has 0 aromatic heterocycles. The zero-order chi connectivity index (χ0) is 26.3. The Morgan fingerprint density at radius 1 is 1.00 bits per heavy atom. The third-order valence-corrected chi connectivity index (χ3v) is 5.41. The summed E-state index contributed by atoms with van der Waals surface area (Å²) in [6.07, 6.45) is -0.742. The first-order valence-electron chi connectivity index (χ1n) is 11.7. The third kappa shape index (κ3) is 7.82. The summed E-state index contributed by atoms with van der Waals surface area (Å²) in [6.45, 7) is 12.0. The summed E-state index contributed by atoms with van der Waals surface area (Å²) in [5.41, 5.74) is 3.31. The maximum atomic E-state index is 13.7. The summed E-state index contributed by atoms with van der Waals surface area (Å²) in [7, 11) is 0. The number of hydrogen-bond donors (Lipinski definition) is 3. The smallest absolute Gasteiger partial charge is 0.408 e. The van der Waals surface area contributed by atoms with Gasteiger partial charge in [0.25, 0.3) is 5.91 Å². The minimum absolute atomic E-state index is 0.0993. The summed E-state index contributed by atoms with van der Waals surface area (Å²) < 4.78 is 5.26. The highest BCUT2D eigenvalue weighted by Gasteiger charge is 2.34. The van der Waals surface area contributed by atoms with Crippen molar-refractivity contribution in [3.8, 4) is 0 Å². The molecule has 2 atom stereocenters. The van der Waals surface area contributed by atoms with Gasteiger partial charge in [0, 0.05) is 12.2 Å². The molecule has 2 aromatic rings. The Bertz CT molecular complexity index is 1020. The Labute approximate surface area is 207 Å². The first-order valence-corrected chi connectivity index (χ1v) is 11.7. The highest BCUT2D eigenvalue weighted by atomic mass is 16.6. The number of aliphatic hydroxyl groups is 1. The zero-order valence-electron chi connectivity index (χ0n) is 21.6. The van der Waals surface area contributed by atoms with Crippen LogP contribution in [-0.4, -0.2) is 52.7 Å². The molecule has 0 aliphatic carbocycles. The highest BCUT2D eigenvalue weighted by molar-refractivity contribution is 5.99. The molecule has 0 fully saturated rings. The predicted molar refractivity (Wildman–Crippen MR) is 136 cm³/mol. The number of aliphatic hydroxyl groups excluding tert-OH is 1. The van der Waals surface area contributed by atoms with Crippen LogP contribution in [0.5, 0.6) is 0 Å². The largest absolute Gasteiger partial charge is 0.444 e. The standard InChI is InChI=1S/C27H37N3O5/c1-17-11-13-21(14-12-17)23(24(32)29-22-18(2)9-8-10-19(22)3)30(15-16-31)25(33)20(4)28-26(34)35-27(5,6)7/h8-14,20,23,31H,15-16H2,1-7H3,(H,28,34)(H,29,32). The minimum atomic E-state index is -1.03. The average molecular weight is 484 g/mol. The molecule has 3 amide bonds. The molecule has 0 heterocycles. The molecule has 8 heteroatoms. The van der Waals surface area contributed by atoms with Gasteiger partial charge in [0.15, 0.2) is 0 Å². The Balaban J connectivity index is 2.42. The Hall–Kier alpha value is -3.39.